The minimum absolute atomic E-state index is 0.556. The first-order valence-corrected chi connectivity index (χ1v) is 6.09. The van der Waals surface area contributed by atoms with Crippen LogP contribution in [0.5, 0.6) is 0 Å². The van der Waals surface area contributed by atoms with Gasteiger partial charge in [-0.2, -0.15) is 0 Å². The Labute approximate surface area is 98.7 Å². The number of aryl methyl sites for hydroxylation is 1. The van der Waals surface area contributed by atoms with E-state index in [9.17, 15) is 0 Å². The quantitative estimate of drug-likeness (QED) is 0.596. The summed E-state index contributed by atoms with van der Waals surface area (Å²) in [6.07, 6.45) is 8.08. The molecule has 0 aliphatic heterocycles. The lowest BCUT2D eigenvalue weighted by molar-refractivity contribution is 0.613. The van der Waals surface area contributed by atoms with Gasteiger partial charge in [0.25, 0.3) is 0 Å². The van der Waals surface area contributed by atoms with Crippen LogP contribution in [-0.2, 0) is 0 Å². The predicted octanol–water partition coefficient (Wildman–Crippen LogP) is 4.62. The van der Waals surface area contributed by atoms with Crippen LogP contribution in [0.15, 0.2) is 48.1 Å². The van der Waals surface area contributed by atoms with E-state index in [0.717, 1.165) is 6.42 Å². The maximum Gasteiger partial charge on any atom is 0.0108 e. The minimum Gasteiger partial charge on any atom is -0.0845 e. The number of allylic oxidation sites excluding steroid dienone is 4. The Kier molecular flexibility index (Phi) is 3.28. The van der Waals surface area contributed by atoms with Gasteiger partial charge in [0.2, 0.25) is 0 Å². The molecule has 0 N–H and O–H groups in total. The van der Waals surface area contributed by atoms with Crippen molar-refractivity contribution in [3.63, 3.8) is 0 Å². The molecule has 2 atom stereocenters. The van der Waals surface area contributed by atoms with Gasteiger partial charge >= 0.3 is 0 Å². The highest BCUT2D eigenvalue weighted by atomic mass is 14.3. The van der Waals surface area contributed by atoms with E-state index >= 15 is 0 Å². The standard InChI is InChI=1S/C16H20/c1-12-8-6-7-11-15(12)16-13(2)9-4-5-10-14(16)3/h4,6-11,13,16H,5H2,1-3H3. The smallest absolute Gasteiger partial charge is 0.0108 e. The third-order valence-corrected chi connectivity index (χ3v) is 3.56. The van der Waals surface area contributed by atoms with E-state index in [1.54, 1.807) is 0 Å². The fourth-order valence-electron chi connectivity index (χ4n) is 2.66. The van der Waals surface area contributed by atoms with Crippen molar-refractivity contribution < 1.29 is 0 Å². The monoisotopic (exact) mass is 212 g/mol. The second kappa shape index (κ2) is 4.69. The molecule has 1 aromatic rings. The zero-order valence-electron chi connectivity index (χ0n) is 10.4. The lowest BCUT2D eigenvalue weighted by Crippen LogP contribution is -2.10. The topological polar surface area (TPSA) is 0 Å². The molecule has 0 fully saturated rings. The van der Waals surface area contributed by atoms with E-state index in [-0.39, 0.29) is 0 Å². The highest BCUT2D eigenvalue weighted by Crippen LogP contribution is 2.36. The largest absolute Gasteiger partial charge is 0.0845 e. The van der Waals surface area contributed by atoms with Crippen molar-refractivity contribution in [3.05, 3.63) is 59.2 Å². The molecule has 0 spiro atoms. The van der Waals surface area contributed by atoms with Gasteiger partial charge in [-0.05, 0) is 37.3 Å². The molecule has 0 heterocycles. The van der Waals surface area contributed by atoms with Crippen LogP contribution in [-0.4, -0.2) is 0 Å². The maximum atomic E-state index is 2.36. The third-order valence-electron chi connectivity index (χ3n) is 3.56. The molecule has 0 heteroatoms. The van der Waals surface area contributed by atoms with Crippen molar-refractivity contribution in [2.75, 3.05) is 0 Å². The Morgan fingerprint density at radius 3 is 2.62 bits per heavy atom. The molecule has 0 saturated heterocycles. The summed E-state index contributed by atoms with van der Waals surface area (Å²) in [6, 6.07) is 8.75. The Hall–Kier alpha value is -1.30. The molecule has 0 bridgehead atoms. The molecule has 1 aliphatic carbocycles. The van der Waals surface area contributed by atoms with Gasteiger partial charge in [0.15, 0.2) is 0 Å². The average Bonchev–Trinajstić information content (AvgIpc) is 2.42. The van der Waals surface area contributed by atoms with Crippen molar-refractivity contribution in [2.24, 2.45) is 5.92 Å². The lowest BCUT2D eigenvalue weighted by Gasteiger charge is -2.24. The summed E-state index contributed by atoms with van der Waals surface area (Å²) in [4.78, 5) is 0. The van der Waals surface area contributed by atoms with Crippen molar-refractivity contribution in [1.82, 2.24) is 0 Å². The number of hydrogen-bond donors (Lipinski definition) is 0. The molecule has 0 saturated carbocycles. The summed E-state index contributed by atoms with van der Waals surface area (Å²) in [5.41, 5.74) is 4.39. The van der Waals surface area contributed by atoms with Crippen LogP contribution in [0.1, 0.15) is 37.3 Å². The van der Waals surface area contributed by atoms with E-state index in [4.69, 9.17) is 0 Å². The van der Waals surface area contributed by atoms with E-state index in [2.05, 4.69) is 63.3 Å². The Bertz CT molecular complexity index is 423. The zero-order chi connectivity index (χ0) is 11.5. The Morgan fingerprint density at radius 2 is 1.88 bits per heavy atom. The molecule has 1 aromatic carbocycles. The van der Waals surface area contributed by atoms with Gasteiger partial charge in [0.05, 0.1) is 0 Å². The van der Waals surface area contributed by atoms with Gasteiger partial charge in [-0.25, -0.2) is 0 Å². The molecule has 84 valence electrons. The Morgan fingerprint density at radius 1 is 1.12 bits per heavy atom. The predicted molar refractivity (Wildman–Crippen MR) is 70.6 cm³/mol. The summed E-state index contributed by atoms with van der Waals surface area (Å²) < 4.78 is 0. The molecule has 16 heavy (non-hydrogen) atoms. The average molecular weight is 212 g/mol. The molecule has 0 aromatic heterocycles. The van der Waals surface area contributed by atoms with Crippen LogP contribution in [0.25, 0.3) is 0 Å². The van der Waals surface area contributed by atoms with E-state index in [0.29, 0.717) is 11.8 Å². The fourth-order valence-corrected chi connectivity index (χ4v) is 2.66. The second-order valence-electron chi connectivity index (χ2n) is 4.81. The molecular formula is C16H20. The van der Waals surface area contributed by atoms with Crippen LogP contribution >= 0.6 is 0 Å². The van der Waals surface area contributed by atoms with Crippen LogP contribution in [0, 0.1) is 12.8 Å². The fraction of sp³-hybridized carbons (Fsp3) is 0.375. The third kappa shape index (κ3) is 2.11. The van der Waals surface area contributed by atoms with Crippen molar-refractivity contribution in [3.8, 4) is 0 Å². The van der Waals surface area contributed by atoms with Crippen LogP contribution < -0.4 is 0 Å². The summed E-state index contributed by atoms with van der Waals surface area (Å²) in [7, 11) is 0. The summed E-state index contributed by atoms with van der Waals surface area (Å²) >= 11 is 0. The van der Waals surface area contributed by atoms with Crippen molar-refractivity contribution >= 4 is 0 Å². The van der Waals surface area contributed by atoms with Gasteiger partial charge < -0.3 is 0 Å². The highest BCUT2D eigenvalue weighted by molar-refractivity contribution is 5.37. The van der Waals surface area contributed by atoms with Crippen molar-refractivity contribution in [2.45, 2.75) is 33.1 Å². The SMILES string of the molecule is CC1=CCC=CC(C)C1c1ccccc1C. The van der Waals surface area contributed by atoms with Gasteiger partial charge in [-0.15, -0.1) is 0 Å². The minimum atomic E-state index is 0.556. The zero-order valence-corrected chi connectivity index (χ0v) is 10.4. The molecule has 0 amide bonds. The number of rotatable bonds is 1. The van der Waals surface area contributed by atoms with Gasteiger partial charge in [0.1, 0.15) is 0 Å². The van der Waals surface area contributed by atoms with Crippen LogP contribution in [0.4, 0.5) is 0 Å². The first kappa shape index (κ1) is 11.2. The number of benzene rings is 1. The van der Waals surface area contributed by atoms with Gasteiger partial charge in [0, 0.05) is 5.92 Å². The van der Waals surface area contributed by atoms with Crippen molar-refractivity contribution in [1.29, 1.82) is 0 Å². The second-order valence-corrected chi connectivity index (χ2v) is 4.81. The number of hydrogen-bond acceptors (Lipinski definition) is 0. The normalized spacial score (nSPS) is 25.1. The highest BCUT2D eigenvalue weighted by Gasteiger charge is 2.21. The summed E-state index contributed by atoms with van der Waals surface area (Å²) in [6.45, 7) is 6.79. The van der Waals surface area contributed by atoms with E-state index in [1.807, 2.05) is 0 Å². The first-order valence-electron chi connectivity index (χ1n) is 6.09. The van der Waals surface area contributed by atoms with Gasteiger partial charge in [-0.1, -0.05) is 55.0 Å². The molecule has 2 rings (SSSR count). The van der Waals surface area contributed by atoms with E-state index in [1.165, 1.54) is 16.7 Å². The van der Waals surface area contributed by atoms with Crippen LogP contribution in [0.3, 0.4) is 0 Å². The summed E-state index contributed by atoms with van der Waals surface area (Å²) in [5, 5.41) is 0. The van der Waals surface area contributed by atoms with E-state index < -0.39 is 0 Å². The Balaban J connectivity index is 2.45. The summed E-state index contributed by atoms with van der Waals surface area (Å²) in [5.74, 6) is 1.15. The lowest BCUT2D eigenvalue weighted by atomic mass is 9.80. The molecular weight excluding hydrogens is 192 g/mol. The van der Waals surface area contributed by atoms with Gasteiger partial charge in [-0.3, -0.25) is 0 Å². The molecule has 0 nitrogen and oxygen atoms in total. The molecule has 0 radical (unpaired) electrons. The maximum absolute atomic E-state index is 2.36. The molecule has 2 unspecified atom stereocenters. The molecule has 1 aliphatic rings. The van der Waals surface area contributed by atoms with Crippen LogP contribution in [0.2, 0.25) is 0 Å². The first-order chi connectivity index (χ1) is 7.70.